The quantitative estimate of drug-likeness (QED) is 0.481. The van der Waals surface area contributed by atoms with Gasteiger partial charge in [-0.1, -0.05) is 41.6 Å². The molecule has 0 spiro atoms. The summed E-state index contributed by atoms with van der Waals surface area (Å²) in [5, 5.41) is 19.9. The fourth-order valence-electron chi connectivity index (χ4n) is 3.41. The first-order chi connectivity index (χ1) is 13.7. The SMILES string of the molecule is O=C1C2ON=C(c3c([O-])on[n+]3-c3ccccc3)C2C(=O)N1c1ccccc1. The number of hydrogen-bond acceptors (Lipinski definition) is 7. The van der Waals surface area contributed by atoms with Crippen molar-refractivity contribution in [3.63, 3.8) is 0 Å². The highest BCUT2D eigenvalue weighted by molar-refractivity contribution is 6.32. The summed E-state index contributed by atoms with van der Waals surface area (Å²) in [6, 6.07) is 17.3. The lowest BCUT2D eigenvalue weighted by molar-refractivity contribution is -0.671. The predicted molar refractivity (Wildman–Crippen MR) is 91.3 cm³/mol. The summed E-state index contributed by atoms with van der Waals surface area (Å²) < 4.78 is 6.04. The topological polar surface area (TPSA) is 112 Å². The molecular formula is C19H12N4O5. The maximum Gasteiger partial charge on any atom is 0.289 e. The average molecular weight is 376 g/mol. The van der Waals surface area contributed by atoms with Gasteiger partial charge < -0.3 is 14.5 Å². The molecule has 0 aliphatic carbocycles. The van der Waals surface area contributed by atoms with Gasteiger partial charge in [0.1, 0.15) is 5.92 Å². The van der Waals surface area contributed by atoms with Crippen LogP contribution >= 0.6 is 0 Å². The number of amides is 2. The van der Waals surface area contributed by atoms with Crippen LogP contribution in [0.15, 0.2) is 70.3 Å². The van der Waals surface area contributed by atoms with E-state index in [4.69, 9.17) is 9.36 Å². The third kappa shape index (κ3) is 2.22. The van der Waals surface area contributed by atoms with E-state index in [0.717, 1.165) is 4.90 Å². The number of aromatic nitrogens is 2. The number of carbonyl (C=O) groups is 2. The van der Waals surface area contributed by atoms with Crippen molar-refractivity contribution in [2.24, 2.45) is 11.1 Å². The highest BCUT2D eigenvalue weighted by Gasteiger charge is 2.58. The second-order valence-corrected chi connectivity index (χ2v) is 6.28. The first-order valence-electron chi connectivity index (χ1n) is 8.48. The Hall–Kier alpha value is -4.01. The van der Waals surface area contributed by atoms with Crippen molar-refractivity contribution in [1.29, 1.82) is 0 Å². The number of para-hydroxylation sites is 2. The van der Waals surface area contributed by atoms with Crippen LogP contribution in [-0.2, 0) is 14.4 Å². The molecule has 1 aromatic heterocycles. The van der Waals surface area contributed by atoms with Gasteiger partial charge >= 0.3 is 0 Å². The normalized spacial score (nSPS) is 20.9. The second kappa shape index (κ2) is 6.02. The van der Waals surface area contributed by atoms with Gasteiger partial charge in [-0.05, 0) is 16.8 Å². The van der Waals surface area contributed by atoms with Crippen LogP contribution in [0.25, 0.3) is 5.69 Å². The minimum atomic E-state index is -1.12. The number of oxime groups is 1. The number of carbonyl (C=O) groups excluding carboxylic acids is 2. The molecule has 3 aromatic rings. The lowest BCUT2D eigenvalue weighted by Gasteiger charge is -2.14. The molecule has 0 N–H and O–H groups in total. The van der Waals surface area contributed by atoms with E-state index in [1.54, 1.807) is 54.6 Å². The molecule has 3 heterocycles. The Balaban J connectivity index is 1.57. The van der Waals surface area contributed by atoms with Gasteiger partial charge in [-0.15, -0.1) is 0 Å². The maximum absolute atomic E-state index is 13.0. The monoisotopic (exact) mass is 376 g/mol. The number of imide groups is 1. The first kappa shape index (κ1) is 16.2. The summed E-state index contributed by atoms with van der Waals surface area (Å²) in [6.45, 7) is 0. The Kier molecular flexibility index (Phi) is 3.48. The van der Waals surface area contributed by atoms with Crippen molar-refractivity contribution in [3.8, 4) is 11.6 Å². The van der Waals surface area contributed by atoms with E-state index in [2.05, 4.69) is 10.4 Å². The molecule has 2 unspecified atom stereocenters. The Morgan fingerprint density at radius 3 is 2.36 bits per heavy atom. The smallest absolute Gasteiger partial charge is 0.289 e. The van der Waals surface area contributed by atoms with Gasteiger partial charge in [0, 0.05) is 12.1 Å². The van der Waals surface area contributed by atoms with Crippen LogP contribution in [0.3, 0.4) is 0 Å². The molecule has 2 aromatic carbocycles. The van der Waals surface area contributed by atoms with E-state index in [-0.39, 0.29) is 11.4 Å². The standard InChI is InChI=1S/C19H12N4O5/c24-17-13-14(15-19(26)28-21-23(15)12-9-5-2-6-10-12)20-27-16(13)18(25)22(17)11-7-3-1-4-8-11/h1-10,13,16H. The van der Waals surface area contributed by atoms with Crippen molar-refractivity contribution in [2.75, 3.05) is 4.90 Å². The van der Waals surface area contributed by atoms with Crippen molar-refractivity contribution in [2.45, 2.75) is 6.10 Å². The minimum Gasteiger partial charge on any atom is -0.539 e. The van der Waals surface area contributed by atoms with E-state index in [9.17, 15) is 14.7 Å². The Morgan fingerprint density at radius 1 is 0.964 bits per heavy atom. The lowest BCUT2D eigenvalue weighted by Crippen LogP contribution is -2.42. The van der Waals surface area contributed by atoms with Crippen LogP contribution in [0, 0.1) is 5.92 Å². The van der Waals surface area contributed by atoms with E-state index in [1.165, 1.54) is 4.68 Å². The molecule has 2 aliphatic heterocycles. The van der Waals surface area contributed by atoms with Gasteiger partial charge in [0.05, 0.1) is 11.0 Å². The summed E-state index contributed by atoms with van der Waals surface area (Å²) in [4.78, 5) is 32.1. The molecular weight excluding hydrogens is 364 g/mol. The lowest BCUT2D eigenvalue weighted by atomic mass is 9.97. The van der Waals surface area contributed by atoms with Gasteiger partial charge in [0.25, 0.3) is 11.6 Å². The van der Waals surface area contributed by atoms with Gasteiger partial charge in [-0.3, -0.25) is 9.59 Å². The highest BCUT2D eigenvalue weighted by Crippen LogP contribution is 2.35. The van der Waals surface area contributed by atoms with Crippen LogP contribution in [0.4, 0.5) is 5.69 Å². The van der Waals surface area contributed by atoms with E-state index >= 15 is 0 Å². The van der Waals surface area contributed by atoms with Gasteiger partial charge in [-0.25, -0.2) is 4.90 Å². The molecule has 9 heteroatoms. The Bertz CT molecular complexity index is 1110. The number of anilines is 1. The molecule has 2 amide bonds. The van der Waals surface area contributed by atoms with Crippen molar-refractivity contribution >= 4 is 23.2 Å². The van der Waals surface area contributed by atoms with Crippen LogP contribution in [0.2, 0.25) is 0 Å². The highest BCUT2D eigenvalue weighted by atomic mass is 16.7. The predicted octanol–water partition coefficient (Wildman–Crippen LogP) is 0.317. The molecule has 28 heavy (non-hydrogen) atoms. The zero-order valence-corrected chi connectivity index (χ0v) is 14.3. The fraction of sp³-hybridized carbons (Fsp3) is 0.105. The van der Waals surface area contributed by atoms with Gasteiger partial charge in [0.15, 0.2) is 11.7 Å². The fourth-order valence-corrected chi connectivity index (χ4v) is 3.41. The maximum atomic E-state index is 13.0. The van der Waals surface area contributed by atoms with Crippen LogP contribution in [-0.4, -0.2) is 28.9 Å². The summed E-state index contributed by atoms with van der Waals surface area (Å²) in [6.07, 6.45) is -1.12. The van der Waals surface area contributed by atoms with Crippen molar-refractivity contribution < 1.29 is 28.7 Å². The van der Waals surface area contributed by atoms with Crippen molar-refractivity contribution in [1.82, 2.24) is 5.27 Å². The third-order valence-electron chi connectivity index (χ3n) is 4.68. The number of fused-ring (bicyclic) bond motifs is 1. The third-order valence-corrected chi connectivity index (χ3v) is 4.68. The number of nitrogens with zero attached hydrogens (tertiary/aromatic N) is 4. The molecule has 0 bridgehead atoms. The van der Waals surface area contributed by atoms with Crippen molar-refractivity contribution in [3.05, 3.63) is 66.4 Å². The zero-order valence-electron chi connectivity index (χ0n) is 14.3. The van der Waals surface area contributed by atoms with E-state index < -0.39 is 29.8 Å². The van der Waals surface area contributed by atoms with Crippen LogP contribution in [0.5, 0.6) is 5.95 Å². The average Bonchev–Trinajstić information content (AvgIpc) is 3.38. The molecule has 1 fully saturated rings. The van der Waals surface area contributed by atoms with Gasteiger partial charge in [0.2, 0.25) is 17.7 Å². The van der Waals surface area contributed by atoms with Crippen LogP contribution in [0.1, 0.15) is 5.69 Å². The zero-order chi connectivity index (χ0) is 19.3. The van der Waals surface area contributed by atoms with Gasteiger partial charge in [-0.2, -0.15) is 0 Å². The molecule has 2 aliphatic rings. The summed E-state index contributed by atoms with van der Waals surface area (Å²) in [5.41, 5.74) is 0.955. The molecule has 0 saturated carbocycles. The first-order valence-corrected chi connectivity index (χ1v) is 8.48. The van der Waals surface area contributed by atoms with E-state index in [0.29, 0.717) is 11.4 Å². The molecule has 5 rings (SSSR count). The Morgan fingerprint density at radius 2 is 1.64 bits per heavy atom. The number of benzene rings is 2. The van der Waals surface area contributed by atoms with Crippen LogP contribution < -0.4 is 14.7 Å². The molecule has 1 saturated heterocycles. The number of hydrogen-bond donors (Lipinski definition) is 0. The Labute approximate surface area is 158 Å². The summed E-state index contributed by atoms with van der Waals surface area (Å²) in [7, 11) is 0. The second-order valence-electron chi connectivity index (χ2n) is 6.28. The molecule has 9 nitrogen and oxygen atoms in total. The largest absolute Gasteiger partial charge is 0.539 e. The molecule has 0 radical (unpaired) electrons. The summed E-state index contributed by atoms with van der Waals surface area (Å²) >= 11 is 0. The number of rotatable bonds is 3. The molecule has 138 valence electrons. The summed E-state index contributed by atoms with van der Waals surface area (Å²) in [5.74, 6) is -2.87. The molecule has 2 atom stereocenters. The van der Waals surface area contributed by atoms with E-state index in [1.807, 2.05) is 6.07 Å². The minimum absolute atomic E-state index is 0.0249.